The molecule has 0 spiro atoms. The maximum absolute atomic E-state index is 13.6. The van der Waals surface area contributed by atoms with Crippen LogP contribution in [0.15, 0.2) is 100 Å². The number of aromatic nitrogens is 1. The fourth-order valence-electron chi connectivity index (χ4n) is 4.09. The number of benzene rings is 3. The number of hydrogen-bond acceptors (Lipinski definition) is 6. The van der Waals surface area contributed by atoms with Gasteiger partial charge in [0, 0.05) is 32.7 Å². The lowest BCUT2D eigenvalue weighted by Gasteiger charge is -2.18. The monoisotopic (exact) mass is 634 g/mol. The topological polar surface area (TPSA) is 86.1 Å². The van der Waals surface area contributed by atoms with E-state index < -0.39 is 11.2 Å². The molecule has 4 aromatic rings. The van der Waals surface area contributed by atoms with Crippen molar-refractivity contribution >= 4 is 73.3 Å². The average Bonchev–Trinajstić information content (AvgIpc) is 3.49. The Bertz CT molecular complexity index is 1600. The lowest BCUT2D eigenvalue weighted by molar-refractivity contribution is -0.117. The van der Waals surface area contributed by atoms with Gasteiger partial charge in [-0.3, -0.25) is 19.8 Å². The minimum absolute atomic E-state index is 0.137. The quantitative estimate of drug-likeness (QED) is 0.171. The standard InChI is InChI=1S/C29H20BrClN4O2S2/c30-20-11-9-18(10-12-20)15-25-27(37)35(22-7-2-1-3-8-22)28(39-25)24(16-32)26(36)34-29-33-17-23(38-29)14-19-5-4-6-21(31)13-19/h1-13,17,25H,14-15H2,(H,33,34,36)/b28-24-. The van der Waals surface area contributed by atoms with Gasteiger partial charge in [0.15, 0.2) is 5.13 Å². The van der Waals surface area contributed by atoms with Crippen molar-refractivity contribution in [2.24, 2.45) is 0 Å². The summed E-state index contributed by atoms with van der Waals surface area (Å²) in [4.78, 5) is 33.6. The molecule has 1 unspecified atom stereocenters. The zero-order chi connectivity index (χ0) is 27.4. The van der Waals surface area contributed by atoms with E-state index in [0.29, 0.717) is 33.7 Å². The van der Waals surface area contributed by atoms with Crippen molar-refractivity contribution in [1.82, 2.24) is 4.98 Å². The molecule has 1 N–H and O–H groups in total. The summed E-state index contributed by atoms with van der Waals surface area (Å²) < 4.78 is 0.949. The molecule has 2 heterocycles. The van der Waals surface area contributed by atoms with E-state index in [9.17, 15) is 14.9 Å². The summed E-state index contributed by atoms with van der Waals surface area (Å²) >= 11 is 12.1. The molecule has 0 saturated carbocycles. The molecule has 1 aliphatic heterocycles. The minimum Gasteiger partial charge on any atom is -0.297 e. The first-order valence-corrected chi connectivity index (χ1v) is 14.7. The van der Waals surface area contributed by atoms with E-state index in [1.165, 1.54) is 28.0 Å². The Morgan fingerprint density at radius 3 is 2.56 bits per heavy atom. The van der Waals surface area contributed by atoms with Crippen LogP contribution in [0.3, 0.4) is 0 Å². The average molecular weight is 636 g/mol. The van der Waals surface area contributed by atoms with Gasteiger partial charge in [0.2, 0.25) is 5.91 Å². The van der Waals surface area contributed by atoms with Crippen LogP contribution in [0, 0.1) is 11.3 Å². The van der Waals surface area contributed by atoms with Gasteiger partial charge in [-0.25, -0.2) is 4.98 Å². The molecule has 1 fully saturated rings. The van der Waals surface area contributed by atoms with Crippen LogP contribution < -0.4 is 10.2 Å². The van der Waals surface area contributed by atoms with Crippen molar-refractivity contribution in [3.63, 3.8) is 0 Å². The van der Waals surface area contributed by atoms with Gasteiger partial charge in [0.1, 0.15) is 16.7 Å². The Labute approximate surface area is 247 Å². The Kier molecular flexibility index (Phi) is 8.48. The molecule has 1 aliphatic rings. The highest BCUT2D eigenvalue weighted by atomic mass is 79.9. The normalized spacial score (nSPS) is 16.2. The molecule has 10 heteroatoms. The number of nitrogens with one attached hydrogen (secondary N) is 1. The summed E-state index contributed by atoms with van der Waals surface area (Å²) in [5.41, 5.74) is 2.47. The number of nitriles is 1. The third kappa shape index (κ3) is 6.43. The van der Waals surface area contributed by atoms with Crippen LogP contribution in [-0.2, 0) is 22.4 Å². The molecule has 0 aliphatic carbocycles. The molecule has 39 heavy (non-hydrogen) atoms. The van der Waals surface area contributed by atoms with E-state index in [1.807, 2.05) is 72.8 Å². The highest BCUT2D eigenvalue weighted by molar-refractivity contribution is 9.10. The second kappa shape index (κ2) is 12.2. The van der Waals surface area contributed by atoms with Crippen LogP contribution in [0.2, 0.25) is 5.02 Å². The van der Waals surface area contributed by atoms with Crippen molar-refractivity contribution in [2.45, 2.75) is 18.1 Å². The number of halogens is 2. The third-order valence-electron chi connectivity index (χ3n) is 5.90. The van der Waals surface area contributed by atoms with Crippen LogP contribution in [0.1, 0.15) is 16.0 Å². The van der Waals surface area contributed by atoms with Crippen molar-refractivity contribution < 1.29 is 9.59 Å². The molecule has 194 valence electrons. The molecule has 2 amide bonds. The summed E-state index contributed by atoms with van der Waals surface area (Å²) in [6.45, 7) is 0. The van der Waals surface area contributed by atoms with Crippen LogP contribution in [-0.4, -0.2) is 22.0 Å². The number of amides is 2. The summed E-state index contributed by atoms with van der Waals surface area (Å²) in [6, 6.07) is 26.4. The van der Waals surface area contributed by atoms with Crippen molar-refractivity contribution in [1.29, 1.82) is 5.26 Å². The van der Waals surface area contributed by atoms with Crippen LogP contribution in [0.25, 0.3) is 0 Å². The van der Waals surface area contributed by atoms with Gasteiger partial charge in [-0.05, 0) is 53.9 Å². The number of rotatable bonds is 7. The lowest BCUT2D eigenvalue weighted by Crippen LogP contribution is -2.30. The van der Waals surface area contributed by atoms with E-state index in [-0.39, 0.29) is 11.5 Å². The van der Waals surface area contributed by atoms with Gasteiger partial charge in [-0.1, -0.05) is 81.8 Å². The molecular weight excluding hydrogens is 616 g/mol. The number of hydrogen-bond donors (Lipinski definition) is 1. The van der Waals surface area contributed by atoms with Crippen LogP contribution in [0.5, 0.6) is 0 Å². The van der Waals surface area contributed by atoms with Gasteiger partial charge in [0.25, 0.3) is 5.91 Å². The number of nitrogens with zero attached hydrogens (tertiary/aromatic N) is 3. The maximum Gasteiger partial charge on any atom is 0.270 e. The first-order chi connectivity index (χ1) is 18.9. The molecule has 3 aromatic carbocycles. The third-order valence-corrected chi connectivity index (χ3v) is 8.83. The highest BCUT2D eigenvalue weighted by Gasteiger charge is 2.40. The summed E-state index contributed by atoms with van der Waals surface area (Å²) in [5.74, 6) is -0.788. The number of para-hydroxylation sites is 1. The highest BCUT2D eigenvalue weighted by Crippen LogP contribution is 2.42. The van der Waals surface area contributed by atoms with Gasteiger partial charge in [-0.15, -0.1) is 11.3 Å². The number of thiazole rings is 1. The SMILES string of the molecule is N#C/C(C(=O)Nc1ncc(Cc2cccc(Cl)c2)s1)=C1/SC(Cc2ccc(Br)cc2)C(=O)N1c1ccccc1. The van der Waals surface area contributed by atoms with Gasteiger partial charge in [-0.2, -0.15) is 5.26 Å². The largest absolute Gasteiger partial charge is 0.297 e. The van der Waals surface area contributed by atoms with E-state index in [1.54, 1.807) is 18.3 Å². The Morgan fingerprint density at radius 2 is 1.85 bits per heavy atom. The van der Waals surface area contributed by atoms with Crippen LogP contribution in [0.4, 0.5) is 10.8 Å². The Morgan fingerprint density at radius 1 is 1.08 bits per heavy atom. The van der Waals surface area contributed by atoms with E-state index in [0.717, 1.165) is 20.5 Å². The number of carbonyl (C=O) groups excluding carboxylic acids is 2. The van der Waals surface area contributed by atoms with Crippen molar-refractivity contribution in [3.05, 3.63) is 121 Å². The minimum atomic E-state index is -0.610. The first-order valence-electron chi connectivity index (χ1n) is 11.9. The molecule has 1 atom stereocenters. The number of carbonyl (C=O) groups is 2. The van der Waals surface area contributed by atoms with Gasteiger partial charge in [0.05, 0.1) is 5.25 Å². The summed E-state index contributed by atoms with van der Waals surface area (Å²) in [7, 11) is 0. The fourth-order valence-corrected chi connectivity index (χ4v) is 6.72. The second-order valence-electron chi connectivity index (χ2n) is 8.63. The zero-order valence-corrected chi connectivity index (χ0v) is 24.3. The maximum atomic E-state index is 13.6. The van der Waals surface area contributed by atoms with Crippen LogP contribution >= 0.6 is 50.6 Å². The predicted molar refractivity (Wildman–Crippen MR) is 161 cm³/mol. The second-order valence-corrected chi connectivity index (χ2v) is 12.3. The molecule has 1 aromatic heterocycles. The Hall–Kier alpha value is -3.42. The number of anilines is 2. The fraction of sp³-hybridized carbons (Fsp3) is 0.103. The van der Waals surface area contributed by atoms with E-state index in [2.05, 4.69) is 26.2 Å². The number of thioether (sulfide) groups is 1. The molecule has 0 bridgehead atoms. The molecular formula is C29H20BrClN4O2S2. The van der Waals surface area contributed by atoms with Crippen molar-refractivity contribution in [2.75, 3.05) is 10.2 Å². The molecule has 5 rings (SSSR count). The molecule has 1 saturated heterocycles. The predicted octanol–water partition coefficient (Wildman–Crippen LogP) is 7.21. The van der Waals surface area contributed by atoms with E-state index >= 15 is 0 Å². The lowest BCUT2D eigenvalue weighted by atomic mass is 10.1. The smallest absolute Gasteiger partial charge is 0.270 e. The summed E-state index contributed by atoms with van der Waals surface area (Å²) in [5, 5.41) is 13.7. The Balaban J connectivity index is 1.41. The van der Waals surface area contributed by atoms with Gasteiger partial charge >= 0.3 is 0 Å². The zero-order valence-electron chi connectivity index (χ0n) is 20.3. The summed E-state index contributed by atoms with van der Waals surface area (Å²) in [6.07, 6.45) is 2.77. The van der Waals surface area contributed by atoms with Gasteiger partial charge < -0.3 is 0 Å². The molecule has 6 nitrogen and oxygen atoms in total. The molecule has 0 radical (unpaired) electrons. The first kappa shape index (κ1) is 27.2. The van der Waals surface area contributed by atoms with Crippen molar-refractivity contribution in [3.8, 4) is 6.07 Å². The van der Waals surface area contributed by atoms with E-state index in [4.69, 9.17) is 11.6 Å².